The number of hydrogen-bond donors (Lipinski definition) is 1. The van der Waals surface area contributed by atoms with Crippen molar-refractivity contribution in [3.63, 3.8) is 0 Å². The highest BCUT2D eigenvalue weighted by Crippen LogP contribution is 2.21. The zero-order valence-corrected chi connectivity index (χ0v) is 16.2. The lowest BCUT2D eigenvalue weighted by Gasteiger charge is -2.16. The van der Waals surface area contributed by atoms with Gasteiger partial charge in [0, 0.05) is 5.69 Å². The molecule has 9 heteroatoms. The van der Waals surface area contributed by atoms with Gasteiger partial charge in [0.2, 0.25) is 9.84 Å². The molecule has 2 aromatic rings. The number of carbonyl (C=O) groups is 2. The number of esters is 1. The average Bonchev–Trinajstić information content (AvgIpc) is 2.64. The van der Waals surface area contributed by atoms with Crippen molar-refractivity contribution in [3.8, 4) is 0 Å². The van der Waals surface area contributed by atoms with Gasteiger partial charge in [-0.2, -0.15) is 8.78 Å². The molecule has 0 bridgehead atoms. The molecule has 0 aromatic heterocycles. The van der Waals surface area contributed by atoms with E-state index in [1.807, 2.05) is 32.0 Å². The van der Waals surface area contributed by atoms with E-state index in [1.54, 1.807) is 0 Å². The van der Waals surface area contributed by atoms with Gasteiger partial charge in [-0.1, -0.05) is 18.2 Å². The highest BCUT2D eigenvalue weighted by atomic mass is 32.2. The average molecular weight is 411 g/mol. The molecule has 1 N–H and O–H groups in total. The Morgan fingerprint density at radius 1 is 1.00 bits per heavy atom. The summed E-state index contributed by atoms with van der Waals surface area (Å²) in [5, 5.41) is 2.70. The number of hydrogen-bond acceptors (Lipinski definition) is 5. The van der Waals surface area contributed by atoms with E-state index in [0.717, 1.165) is 35.4 Å². The first-order valence-corrected chi connectivity index (χ1v) is 9.79. The summed E-state index contributed by atoms with van der Waals surface area (Å²) in [5.41, 5.74) is 2.25. The third-order valence-corrected chi connectivity index (χ3v) is 5.43. The van der Waals surface area contributed by atoms with Gasteiger partial charge in [0.15, 0.2) is 6.10 Å². The summed E-state index contributed by atoms with van der Waals surface area (Å²) in [7, 11) is -4.75. The fraction of sp³-hybridized carbons (Fsp3) is 0.263. The summed E-state index contributed by atoms with van der Waals surface area (Å²) in [6.07, 6.45) is -1.13. The second-order valence-corrected chi connectivity index (χ2v) is 8.05. The molecule has 150 valence electrons. The van der Waals surface area contributed by atoms with E-state index < -0.39 is 38.5 Å². The van der Waals surface area contributed by atoms with Crippen molar-refractivity contribution in [1.82, 2.24) is 0 Å². The quantitative estimate of drug-likeness (QED) is 0.735. The summed E-state index contributed by atoms with van der Waals surface area (Å²) >= 11 is 0. The second-order valence-electron chi connectivity index (χ2n) is 6.13. The van der Waals surface area contributed by atoms with E-state index in [9.17, 15) is 26.8 Å². The van der Waals surface area contributed by atoms with Crippen LogP contribution in [0.25, 0.3) is 0 Å². The molecule has 1 atom stereocenters. The van der Waals surface area contributed by atoms with Crippen molar-refractivity contribution >= 4 is 27.4 Å². The van der Waals surface area contributed by atoms with Crippen LogP contribution in [0.2, 0.25) is 0 Å². The molecular weight excluding hydrogens is 392 g/mol. The van der Waals surface area contributed by atoms with Gasteiger partial charge in [-0.05, 0) is 56.2 Å². The van der Waals surface area contributed by atoms with Crippen LogP contribution in [0.4, 0.5) is 14.5 Å². The number of halogens is 2. The molecule has 0 fully saturated rings. The summed E-state index contributed by atoms with van der Waals surface area (Å²) in [6.45, 7) is 5.04. The van der Waals surface area contributed by atoms with Crippen molar-refractivity contribution in [1.29, 1.82) is 0 Å². The molecule has 0 saturated carbocycles. The van der Waals surface area contributed by atoms with E-state index in [1.165, 1.54) is 6.92 Å². The van der Waals surface area contributed by atoms with Crippen LogP contribution < -0.4 is 5.32 Å². The molecule has 0 radical (unpaired) electrons. The van der Waals surface area contributed by atoms with E-state index in [-0.39, 0.29) is 5.56 Å². The number of rotatable bonds is 6. The Bertz CT molecular complexity index is 968. The molecule has 0 saturated heterocycles. The summed E-state index contributed by atoms with van der Waals surface area (Å²) in [4.78, 5) is 23.8. The number of anilines is 1. The minimum atomic E-state index is -4.75. The first kappa shape index (κ1) is 21.5. The maximum absolute atomic E-state index is 12.5. The van der Waals surface area contributed by atoms with E-state index in [0.29, 0.717) is 5.69 Å². The van der Waals surface area contributed by atoms with Crippen LogP contribution in [0.1, 0.15) is 28.4 Å². The summed E-state index contributed by atoms with van der Waals surface area (Å²) in [6, 6.07) is 9.38. The highest BCUT2D eigenvalue weighted by Gasteiger charge is 2.27. The second kappa shape index (κ2) is 8.47. The van der Waals surface area contributed by atoms with Crippen LogP contribution in [-0.2, 0) is 19.4 Å². The molecule has 6 nitrogen and oxygen atoms in total. The number of para-hydroxylation sites is 1. The Morgan fingerprint density at radius 2 is 1.54 bits per heavy atom. The van der Waals surface area contributed by atoms with E-state index in [2.05, 4.69) is 5.32 Å². The first-order valence-electron chi connectivity index (χ1n) is 8.24. The van der Waals surface area contributed by atoms with Crippen molar-refractivity contribution < 1.29 is 31.5 Å². The number of ether oxygens (including phenoxy) is 1. The van der Waals surface area contributed by atoms with Crippen LogP contribution in [0, 0.1) is 13.8 Å². The van der Waals surface area contributed by atoms with Crippen molar-refractivity contribution in [2.24, 2.45) is 0 Å². The number of benzene rings is 2. The fourth-order valence-electron chi connectivity index (χ4n) is 2.40. The molecule has 0 aliphatic rings. The molecule has 2 aromatic carbocycles. The lowest BCUT2D eigenvalue weighted by Crippen LogP contribution is -2.30. The minimum absolute atomic E-state index is 0.0695. The van der Waals surface area contributed by atoms with Gasteiger partial charge in [-0.3, -0.25) is 4.79 Å². The molecule has 28 heavy (non-hydrogen) atoms. The van der Waals surface area contributed by atoms with Crippen LogP contribution >= 0.6 is 0 Å². The molecule has 0 heterocycles. The molecule has 2 rings (SSSR count). The molecule has 0 aliphatic heterocycles. The lowest BCUT2D eigenvalue weighted by atomic mass is 10.1. The Hall–Kier alpha value is -2.81. The van der Waals surface area contributed by atoms with Crippen LogP contribution in [-0.4, -0.2) is 32.2 Å². The highest BCUT2D eigenvalue weighted by molar-refractivity contribution is 7.91. The molecule has 1 unspecified atom stereocenters. The maximum atomic E-state index is 12.5. The number of carbonyl (C=O) groups excluding carboxylic acids is 2. The SMILES string of the molecule is Cc1cccc(C)c1NC(=O)C(C)OC(=O)c1ccc(S(=O)(=O)C(F)F)cc1. The molecule has 1 amide bonds. The zero-order chi connectivity index (χ0) is 21.1. The van der Waals surface area contributed by atoms with Gasteiger partial charge < -0.3 is 10.1 Å². The Kier molecular flexibility index (Phi) is 6.50. The summed E-state index contributed by atoms with van der Waals surface area (Å²) in [5.74, 6) is -4.98. The van der Waals surface area contributed by atoms with Crippen molar-refractivity contribution in [2.75, 3.05) is 5.32 Å². The Morgan fingerprint density at radius 3 is 2.04 bits per heavy atom. The molecular formula is C19H19F2NO5S. The number of aryl methyl sites for hydroxylation is 2. The smallest absolute Gasteiger partial charge is 0.341 e. The Balaban J connectivity index is 2.07. The number of amides is 1. The minimum Gasteiger partial charge on any atom is -0.449 e. The van der Waals surface area contributed by atoms with Gasteiger partial charge in [-0.15, -0.1) is 0 Å². The third kappa shape index (κ3) is 4.72. The predicted molar refractivity (Wildman–Crippen MR) is 99.1 cm³/mol. The molecule has 0 aliphatic carbocycles. The zero-order valence-electron chi connectivity index (χ0n) is 15.4. The van der Waals surface area contributed by atoms with Crippen molar-refractivity contribution in [3.05, 3.63) is 59.2 Å². The first-order chi connectivity index (χ1) is 13.0. The van der Waals surface area contributed by atoms with E-state index >= 15 is 0 Å². The maximum Gasteiger partial charge on any atom is 0.341 e. The van der Waals surface area contributed by atoms with Gasteiger partial charge in [0.1, 0.15) is 0 Å². The van der Waals surface area contributed by atoms with Crippen LogP contribution in [0.3, 0.4) is 0 Å². The fourth-order valence-corrected chi connectivity index (χ4v) is 3.12. The van der Waals surface area contributed by atoms with Gasteiger partial charge in [0.05, 0.1) is 10.5 Å². The standard InChI is InChI=1S/C19H19F2NO5S/c1-11-5-4-6-12(2)16(11)22-17(23)13(3)27-18(24)14-7-9-15(10-8-14)28(25,26)19(20)21/h4-10,13,19H,1-3H3,(H,22,23). The number of alkyl halides is 2. The third-order valence-electron chi connectivity index (χ3n) is 4.04. The number of nitrogens with one attached hydrogen (secondary N) is 1. The largest absolute Gasteiger partial charge is 0.449 e. The van der Waals surface area contributed by atoms with Crippen molar-refractivity contribution in [2.45, 2.75) is 37.5 Å². The monoisotopic (exact) mass is 411 g/mol. The van der Waals surface area contributed by atoms with E-state index in [4.69, 9.17) is 4.74 Å². The predicted octanol–water partition coefficient (Wildman–Crippen LogP) is 3.48. The molecule has 0 spiro atoms. The Labute approximate surface area is 161 Å². The van der Waals surface area contributed by atoms with Crippen LogP contribution in [0.15, 0.2) is 47.4 Å². The summed E-state index contributed by atoms with van der Waals surface area (Å²) < 4.78 is 52.9. The number of sulfone groups is 1. The lowest BCUT2D eigenvalue weighted by molar-refractivity contribution is -0.123. The van der Waals surface area contributed by atoms with Gasteiger partial charge >= 0.3 is 11.7 Å². The topological polar surface area (TPSA) is 89.5 Å². The normalized spacial score (nSPS) is 12.5. The van der Waals surface area contributed by atoms with Crippen LogP contribution in [0.5, 0.6) is 0 Å². The van der Waals surface area contributed by atoms with Gasteiger partial charge in [-0.25, -0.2) is 13.2 Å². The van der Waals surface area contributed by atoms with Gasteiger partial charge in [0.25, 0.3) is 5.91 Å².